The van der Waals surface area contributed by atoms with Gasteiger partial charge in [-0.15, -0.1) is 0 Å². The Morgan fingerprint density at radius 1 is 1.06 bits per heavy atom. The maximum absolute atomic E-state index is 13.5. The summed E-state index contributed by atoms with van der Waals surface area (Å²) in [7, 11) is 3.37. The van der Waals surface area contributed by atoms with E-state index in [0.29, 0.717) is 78.1 Å². The normalized spacial score (nSPS) is 18.3. The van der Waals surface area contributed by atoms with E-state index in [4.69, 9.17) is 32.9 Å². The fourth-order valence-electron chi connectivity index (χ4n) is 6.60. The maximum Gasteiger partial charge on any atom is 0.291 e. The first-order chi connectivity index (χ1) is 24.2. The number of pyridine rings is 2. The number of hydrogen-bond acceptors (Lipinski definition) is 9. The molecule has 50 heavy (non-hydrogen) atoms. The van der Waals surface area contributed by atoms with Crippen LogP contribution in [0.3, 0.4) is 0 Å². The van der Waals surface area contributed by atoms with Crippen molar-refractivity contribution in [2.45, 2.75) is 50.9 Å². The molecule has 4 N–H and O–H groups in total. The van der Waals surface area contributed by atoms with Crippen molar-refractivity contribution in [3.63, 3.8) is 0 Å². The molecule has 0 aliphatic carbocycles. The van der Waals surface area contributed by atoms with Crippen LogP contribution in [0.1, 0.15) is 46.8 Å². The molecular formula is C35H37Cl2N9O4. The quantitative estimate of drug-likeness (QED) is 0.192. The summed E-state index contributed by atoms with van der Waals surface area (Å²) in [6, 6.07) is 10.8. The lowest BCUT2D eigenvalue weighted by Gasteiger charge is -2.34. The minimum Gasteiger partial charge on any atom is -0.481 e. The molecule has 0 radical (unpaired) electrons. The van der Waals surface area contributed by atoms with Crippen LogP contribution in [0.15, 0.2) is 42.6 Å². The molecule has 0 unspecified atom stereocenters. The van der Waals surface area contributed by atoms with E-state index >= 15 is 0 Å². The molecule has 4 aromatic rings. The summed E-state index contributed by atoms with van der Waals surface area (Å²) in [5.41, 5.74) is 5.07. The number of nitrogens with zero attached hydrogens (tertiary/aromatic N) is 5. The maximum atomic E-state index is 13.5. The number of carbonyl (C=O) groups excluding carboxylic acids is 3. The molecule has 0 saturated carbocycles. The first-order valence-corrected chi connectivity index (χ1v) is 17.3. The van der Waals surface area contributed by atoms with Gasteiger partial charge in [0.25, 0.3) is 5.91 Å². The van der Waals surface area contributed by atoms with E-state index in [0.717, 1.165) is 36.3 Å². The first kappa shape index (κ1) is 33.9. The van der Waals surface area contributed by atoms with Crippen LogP contribution in [0, 0.1) is 0 Å². The molecule has 15 heteroatoms. The Labute approximate surface area is 299 Å². The molecule has 260 valence electrons. The second kappa shape index (κ2) is 14.4. The van der Waals surface area contributed by atoms with Gasteiger partial charge in [0.05, 0.1) is 52.5 Å². The highest BCUT2D eigenvalue weighted by Crippen LogP contribution is 2.40. The summed E-state index contributed by atoms with van der Waals surface area (Å²) in [5.74, 6) is 0.416. The number of benzene rings is 1. The summed E-state index contributed by atoms with van der Waals surface area (Å²) >= 11 is 13.9. The lowest BCUT2D eigenvalue weighted by Crippen LogP contribution is -2.55. The van der Waals surface area contributed by atoms with E-state index in [9.17, 15) is 14.4 Å². The highest BCUT2D eigenvalue weighted by molar-refractivity contribution is 6.39. The van der Waals surface area contributed by atoms with Crippen LogP contribution < -0.4 is 26.0 Å². The summed E-state index contributed by atoms with van der Waals surface area (Å²) < 4.78 is 7.39. The van der Waals surface area contributed by atoms with E-state index in [1.54, 1.807) is 47.0 Å². The van der Waals surface area contributed by atoms with Crippen LogP contribution >= 0.6 is 23.2 Å². The van der Waals surface area contributed by atoms with Crippen molar-refractivity contribution in [3.8, 4) is 28.4 Å². The molecule has 1 aromatic carbocycles. The Kier molecular flexibility index (Phi) is 9.73. The first-order valence-electron chi connectivity index (χ1n) is 16.6. The lowest BCUT2D eigenvalue weighted by atomic mass is 10.0. The van der Waals surface area contributed by atoms with Gasteiger partial charge in [-0.1, -0.05) is 41.4 Å². The van der Waals surface area contributed by atoms with Crippen LogP contribution in [-0.2, 0) is 36.1 Å². The van der Waals surface area contributed by atoms with Gasteiger partial charge in [0, 0.05) is 74.1 Å². The molecule has 0 spiro atoms. The molecule has 6 heterocycles. The minimum atomic E-state index is -0.425. The molecule has 3 aliphatic heterocycles. The number of methoxy groups -OCH3 is 1. The molecule has 2 atom stereocenters. The van der Waals surface area contributed by atoms with E-state index in [1.807, 2.05) is 19.2 Å². The lowest BCUT2D eigenvalue weighted by molar-refractivity contribution is -0.136. The zero-order valence-corrected chi connectivity index (χ0v) is 29.2. The number of hydrogen-bond donors (Lipinski definition) is 4. The van der Waals surface area contributed by atoms with Crippen LogP contribution in [0.2, 0.25) is 10.0 Å². The molecular weight excluding hydrogens is 681 g/mol. The number of amides is 3. The van der Waals surface area contributed by atoms with Gasteiger partial charge in [-0.2, -0.15) is 0 Å². The smallest absolute Gasteiger partial charge is 0.291 e. The van der Waals surface area contributed by atoms with Crippen molar-refractivity contribution in [1.29, 1.82) is 0 Å². The Morgan fingerprint density at radius 2 is 1.90 bits per heavy atom. The Balaban J connectivity index is 1.08. The zero-order chi connectivity index (χ0) is 34.9. The predicted molar refractivity (Wildman–Crippen MR) is 189 cm³/mol. The second-order valence-electron chi connectivity index (χ2n) is 12.6. The third-order valence-corrected chi connectivity index (χ3v) is 10.3. The van der Waals surface area contributed by atoms with Crippen molar-refractivity contribution in [1.82, 2.24) is 40.4 Å². The predicted octanol–water partition coefficient (Wildman–Crippen LogP) is 3.73. The number of carbonyl (C=O) groups is 3. The van der Waals surface area contributed by atoms with E-state index in [1.165, 1.54) is 0 Å². The number of halogens is 2. The highest BCUT2D eigenvalue weighted by Gasteiger charge is 2.33. The third-order valence-electron chi connectivity index (χ3n) is 9.48. The average molecular weight is 719 g/mol. The topological polar surface area (TPSA) is 155 Å². The van der Waals surface area contributed by atoms with E-state index in [-0.39, 0.29) is 34.7 Å². The van der Waals surface area contributed by atoms with E-state index in [2.05, 4.69) is 31.2 Å². The van der Waals surface area contributed by atoms with Gasteiger partial charge in [-0.3, -0.25) is 19.4 Å². The second-order valence-corrected chi connectivity index (χ2v) is 13.4. The largest absolute Gasteiger partial charge is 0.481 e. The average Bonchev–Trinajstić information content (AvgIpc) is 3.66. The van der Waals surface area contributed by atoms with Crippen LogP contribution in [0.25, 0.3) is 22.5 Å². The van der Waals surface area contributed by atoms with Crippen molar-refractivity contribution < 1.29 is 19.1 Å². The zero-order valence-electron chi connectivity index (χ0n) is 27.7. The fourth-order valence-corrected chi connectivity index (χ4v) is 7.17. The van der Waals surface area contributed by atoms with Crippen molar-refractivity contribution in [2.75, 3.05) is 32.1 Å². The summed E-state index contributed by atoms with van der Waals surface area (Å²) in [4.78, 5) is 53.5. The minimum absolute atomic E-state index is 0.0749. The Bertz CT molecular complexity index is 1980. The number of ether oxygens (including phenoxy) is 1. The standard InChI is InChI=1S/C35H37Cl2N9O4/c1-45-27-12-15-46(35(49)25-11-14-39-25)18-26(27)42-32(45)33(48)43-24-5-3-4-22(29(24)36)31-30(37)21(10-13-40-31)23-8-6-19(34(44-23)50-2)16-38-17-20-7-9-28(47)41-20/h3-6,8,10,13,20,25,38-39H,7,9,11-12,14-18H2,1-2H3,(H,41,47)(H,43,48)/t20-,25-/m1/s1. The highest BCUT2D eigenvalue weighted by atomic mass is 35.5. The molecule has 0 bridgehead atoms. The van der Waals surface area contributed by atoms with Crippen LogP contribution in [-0.4, -0.2) is 81.0 Å². The van der Waals surface area contributed by atoms with Crippen molar-refractivity contribution in [3.05, 3.63) is 75.4 Å². The number of anilines is 1. The third kappa shape index (κ3) is 6.65. The van der Waals surface area contributed by atoms with Crippen LogP contribution in [0.4, 0.5) is 5.69 Å². The van der Waals surface area contributed by atoms with Gasteiger partial charge < -0.3 is 35.5 Å². The monoisotopic (exact) mass is 717 g/mol. The van der Waals surface area contributed by atoms with Crippen molar-refractivity contribution in [2.24, 2.45) is 7.05 Å². The molecule has 2 fully saturated rings. The van der Waals surface area contributed by atoms with Gasteiger partial charge in [0.2, 0.25) is 17.7 Å². The van der Waals surface area contributed by atoms with Gasteiger partial charge in [-0.05, 0) is 37.6 Å². The number of fused-ring (bicyclic) bond motifs is 1. The van der Waals surface area contributed by atoms with Gasteiger partial charge in [0.1, 0.15) is 0 Å². The fraction of sp³-hybridized carbons (Fsp3) is 0.371. The number of nitrogens with one attached hydrogen (secondary N) is 4. The van der Waals surface area contributed by atoms with E-state index < -0.39 is 5.91 Å². The Morgan fingerprint density at radius 3 is 2.64 bits per heavy atom. The summed E-state index contributed by atoms with van der Waals surface area (Å²) in [6.45, 7) is 2.97. The van der Waals surface area contributed by atoms with Crippen LogP contribution in [0.5, 0.6) is 5.88 Å². The summed E-state index contributed by atoms with van der Waals surface area (Å²) in [6.07, 6.45) is 4.45. The van der Waals surface area contributed by atoms with Gasteiger partial charge in [-0.25, -0.2) is 9.97 Å². The van der Waals surface area contributed by atoms with Crippen molar-refractivity contribution >= 4 is 46.6 Å². The molecule has 3 aromatic heterocycles. The molecule has 3 amide bonds. The number of imidazole rings is 1. The molecule has 13 nitrogen and oxygen atoms in total. The summed E-state index contributed by atoms with van der Waals surface area (Å²) in [5, 5.41) is 13.0. The molecule has 7 rings (SSSR count). The number of rotatable bonds is 10. The number of aromatic nitrogens is 4. The molecule has 3 aliphatic rings. The SMILES string of the molecule is COc1nc(-c2ccnc(-c3cccc(NC(=O)c4nc5c(n4C)CCN(C(=O)[C@H]4CCN4)C5)c3Cl)c2Cl)ccc1CNC[C@H]1CCC(=O)N1. The Hall–Kier alpha value is -4.56. The molecule has 2 saturated heterocycles. The van der Waals surface area contributed by atoms with Gasteiger partial charge >= 0.3 is 0 Å². The van der Waals surface area contributed by atoms with Gasteiger partial charge in [0.15, 0.2) is 5.82 Å².